The van der Waals surface area contributed by atoms with E-state index in [1.54, 1.807) is 6.92 Å². The SMILES string of the molecule is CCC(=O)ON1c2ccccc2Oc2ccccc21. The summed E-state index contributed by atoms with van der Waals surface area (Å²) in [5.74, 6) is 1.06. The zero-order valence-corrected chi connectivity index (χ0v) is 10.5. The van der Waals surface area contributed by atoms with Crippen molar-refractivity contribution in [3.63, 3.8) is 0 Å². The van der Waals surface area contributed by atoms with Gasteiger partial charge >= 0.3 is 5.97 Å². The van der Waals surface area contributed by atoms with E-state index in [9.17, 15) is 4.79 Å². The number of fused-ring (bicyclic) bond motifs is 2. The number of para-hydroxylation sites is 4. The maximum absolute atomic E-state index is 11.6. The average molecular weight is 255 g/mol. The third kappa shape index (κ3) is 2.01. The lowest BCUT2D eigenvalue weighted by Gasteiger charge is -2.30. The largest absolute Gasteiger partial charge is 0.453 e. The van der Waals surface area contributed by atoms with E-state index in [-0.39, 0.29) is 5.97 Å². The molecule has 0 radical (unpaired) electrons. The number of rotatable bonds is 2. The van der Waals surface area contributed by atoms with E-state index >= 15 is 0 Å². The number of carbonyl (C=O) groups is 1. The Hall–Kier alpha value is -2.49. The van der Waals surface area contributed by atoms with Gasteiger partial charge in [0.1, 0.15) is 11.4 Å². The Labute approximate surface area is 111 Å². The molecule has 3 rings (SSSR count). The smallest absolute Gasteiger partial charge is 0.332 e. The molecular weight excluding hydrogens is 242 g/mol. The van der Waals surface area contributed by atoms with Crippen molar-refractivity contribution in [1.29, 1.82) is 0 Å². The van der Waals surface area contributed by atoms with Crippen molar-refractivity contribution >= 4 is 17.3 Å². The predicted octanol–water partition coefficient (Wildman–Crippen LogP) is 3.80. The molecule has 0 bridgehead atoms. The third-order valence-electron chi connectivity index (χ3n) is 2.87. The number of anilines is 2. The molecule has 0 aromatic heterocycles. The first-order valence-corrected chi connectivity index (χ1v) is 6.16. The second kappa shape index (κ2) is 4.65. The van der Waals surface area contributed by atoms with E-state index in [2.05, 4.69) is 0 Å². The Morgan fingerprint density at radius 3 is 2.11 bits per heavy atom. The Morgan fingerprint density at radius 1 is 1.05 bits per heavy atom. The molecule has 4 heteroatoms. The maximum Gasteiger partial charge on any atom is 0.332 e. The highest BCUT2D eigenvalue weighted by Crippen LogP contribution is 2.46. The van der Waals surface area contributed by atoms with Gasteiger partial charge in [-0.1, -0.05) is 31.2 Å². The molecule has 1 heterocycles. The van der Waals surface area contributed by atoms with E-state index in [0.29, 0.717) is 17.9 Å². The number of carbonyl (C=O) groups excluding carboxylic acids is 1. The van der Waals surface area contributed by atoms with E-state index in [1.807, 2.05) is 48.5 Å². The van der Waals surface area contributed by atoms with Gasteiger partial charge in [0, 0.05) is 6.42 Å². The average Bonchev–Trinajstić information content (AvgIpc) is 2.46. The quantitative estimate of drug-likeness (QED) is 0.818. The van der Waals surface area contributed by atoms with Crippen LogP contribution in [0.3, 0.4) is 0 Å². The Morgan fingerprint density at radius 2 is 1.58 bits per heavy atom. The summed E-state index contributed by atoms with van der Waals surface area (Å²) in [5.41, 5.74) is 1.45. The standard InChI is InChI=1S/C15H13NO3/c1-2-15(17)19-16-11-7-3-5-9-13(11)18-14-10-6-4-8-12(14)16/h3-10H,2H2,1H3. The number of hydrogen-bond donors (Lipinski definition) is 0. The summed E-state index contributed by atoms with van der Waals surface area (Å²) in [6.45, 7) is 1.76. The van der Waals surface area contributed by atoms with Crippen LogP contribution in [-0.4, -0.2) is 5.97 Å². The molecule has 19 heavy (non-hydrogen) atoms. The molecule has 96 valence electrons. The van der Waals surface area contributed by atoms with Crippen LogP contribution in [0.5, 0.6) is 11.5 Å². The topological polar surface area (TPSA) is 38.8 Å². The molecule has 0 saturated heterocycles. The minimum absolute atomic E-state index is 0.286. The van der Waals surface area contributed by atoms with Crippen molar-refractivity contribution in [2.24, 2.45) is 0 Å². The number of benzene rings is 2. The Bertz CT molecular complexity index is 579. The zero-order chi connectivity index (χ0) is 13.2. The second-order valence-electron chi connectivity index (χ2n) is 4.15. The summed E-state index contributed by atoms with van der Waals surface area (Å²) < 4.78 is 5.79. The van der Waals surface area contributed by atoms with Gasteiger partial charge < -0.3 is 9.57 Å². The fraction of sp³-hybridized carbons (Fsp3) is 0.133. The summed E-state index contributed by atoms with van der Waals surface area (Å²) in [6.07, 6.45) is 0.321. The van der Waals surface area contributed by atoms with Crippen molar-refractivity contribution in [2.45, 2.75) is 13.3 Å². The van der Waals surface area contributed by atoms with Gasteiger partial charge in [0.05, 0.1) is 0 Å². The number of hydrogen-bond acceptors (Lipinski definition) is 4. The van der Waals surface area contributed by atoms with Crippen LogP contribution in [0.2, 0.25) is 0 Å². The van der Waals surface area contributed by atoms with Crippen LogP contribution in [0.15, 0.2) is 48.5 Å². The van der Waals surface area contributed by atoms with Crippen molar-refractivity contribution < 1.29 is 14.4 Å². The first-order chi connectivity index (χ1) is 9.29. The monoisotopic (exact) mass is 255 g/mol. The molecule has 0 unspecified atom stereocenters. The second-order valence-corrected chi connectivity index (χ2v) is 4.15. The minimum atomic E-state index is -0.286. The zero-order valence-electron chi connectivity index (χ0n) is 10.5. The minimum Gasteiger partial charge on any atom is -0.453 e. The number of ether oxygens (including phenoxy) is 1. The van der Waals surface area contributed by atoms with E-state index in [1.165, 1.54) is 5.06 Å². The Balaban J connectivity index is 2.08. The summed E-state index contributed by atoms with van der Waals surface area (Å²) in [4.78, 5) is 17.0. The predicted molar refractivity (Wildman–Crippen MR) is 71.5 cm³/mol. The van der Waals surface area contributed by atoms with E-state index < -0.39 is 0 Å². The summed E-state index contributed by atoms with van der Waals surface area (Å²) >= 11 is 0. The highest BCUT2D eigenvalue weighted by atomic mass is 16.7. The van der Waals surface area contributed by atoms with E-state index in [0.717, 1.165) is 11.4 Å². The van der Waals surface area contributed by atoms with Crippen LogP contribution in [0.1, 0.15) is 13.3 Å². The highest BCUT2D eigenvalue weighted by molar-refractivity contribution is 5.80. The normalized spacial score (nSPS) is 12.2. The van der Waals surface area contributed by atoms with Gasteiger partial charge in [0.15, 0.2) is 11.5 Å². The highest BCUT2D eigenvalue weighted by Gasteiger charge is 2.26. The Kier molecular flexibility index (Phi) is 2.83. The molecular formula is C15H13NO3. The van der Waals surface area contributed by atoms with Gasteiger partial charge in [-0.2, -0.15) is 5.06 Å². The van der Waals surface area contributed by atoms with Crippen molar-refractivity contribution in [1.82, 2.24) is 0 Å². The van der Waals surface area contributed by atoms with Gasteiger partial charge in [-0.05, 0) is 24.3 Å². The van der Waals surface area contributed by atoms with Crippen LogP contribution in [-0.2, 0) is 9.63 Å². The molecule has 1 aliphatic rings. The molecule has 0 fully saturated rings. The maximum atomic E-state index is 11.6. The van der Waals surface area contributed by atoms with Gasteiger partial charge in [-0.15, -0.1) is 0 Å². The summed E-state index contributed by atoms with van der Waals surface area (Å²) in [7, 11) is 0. The molecule has 2 aromatic carbocycles. The van der Waals surface area contributed by atoms with Gasteiger partial charge in [-0.3, -0.25) is 0 Å². The van der Waals surface area contributed by atoms with Crippen LogP contribution in [0.25, 0.3) is 0 Å². The summed E-state index contributed by atoms with van der Waals surface area (Å²) in [6, 6.07) is 14.9. The van der Waals surface area contributed by atoms with Crippen molar-refractivity contribution in [2.75, 3.05) is 5.06 Å². The molecule has 0 saturated carbocycles. The molecule has 4 nitrogen and oxygen atoms in total. The molecule has 0 atom stereocenters. The van der Waals surface area contributed by atoms with Crippen LogP contribution < -0.4 is 9.80 Å². The fourth-order valence-electron chi connectivity index (χ4n) is 1.94. The van der Waals surface area contributed by atoms with Gasteiger partial charge in [0.25, 0.3) is 0 Å². The van der Waals surface area contributed by atoms with Crippen molar-refractivity contribution in [3.05, 3.63) is 48.5 Å². The van der Waals surface area contributed by atoms with E-state index in [4.69, 9.17) is 9.57 Å². The molecule has 2 aromatic rings. The van der Waals surface area contributed by atoms with Crippen LogP contribution in [0.4, 0.5) is 11.4 Å². The molecule has 1 aliphatic heterocycles. The number of nitrogens with zero attached hydrogens (tertiary/aromatic N) is 1. The third-order valence-corrected chi connectivity index (χ3v) is 2.87. The van der Waals surface area contributed by atoms with Crippen molar-refractivity contribution in [3.8, 4) is 11.5 Å². The molecule has 0 amide bonds. The van der Waals surface area contributed by atoms with Gasteiger partial charge in [0.2, 0.25) is 0 Å². The van der Waals surface area contributed by atoms with Crippen LogP contribution in [0, 0.1) is 0 Å². The first kappa shape index (κ1) is 11.6. The van der Waals surface area contributed by atoms with Crippen LogP contribution >= 0.6 is 0 Å². The lowest BCUT2D eigenvalue weighted by molar-refractivity contribution is -0.143. The fourth-order valence-corrected chi connectivity index (χ4v) is 1.94. The van der Waals surface area contributed by atoms with Gasteiger partial charge in [-0.25, -0.2) is 4.79 Å². The molecule has 0 aliphatic carbocycles. The first-order valence-electron chi connectivity index (χ1n) is 6.16. The lowest BCUT2D eigenvalue weighted by atomic mass is 10.2. The molecule has 0 N–H and O–H groups in total. The summed E-state index contributed by atoms with van der Waals surface area (Å²) in [5, 5.41) is 1.53. The molecule has 0 spiro atoms. The lowest BCUT2D eigenvalue weighted by Crippen LogP contribution is -2.24.